The Morgan fingerprint density at radius 1 is 1.45 bits per heavy atom. The van der Waals surface area contributed by atoms with Crippen molar-refractivity contribution < 1.29 is 0 Å². The van der Waals surface area contributed by atoms with E-state index in [-0.39, 0.29) is 0 Å². The van der Waals surface area contributed by atoms with Gasteiger partial charge in [0.25, 0.3) is 0 Å². The molecule has 1 rings (SSSR count). The van der Waals surface area contributed by atoms with Crippen molar-refractivity contribution >= 4 is 0 Å². The smallest absolute Gasteiger partial charge is 0.115 e. The van der Waals surface area contributed by atoms with Crippen molar-refractivity contribution in [1.82, 2.24) is 4.98 Å². The van der Waals surface area contributed by atoms with Crippen molar-refractivity contribution in [1.29, 1.82) is 0 Å². The molecule has 0 aromatic carbocycles. The van der Waals surface area contributed by atoms with Crippen molar-refractivity contribution in [2.45, 2.75) is 20.8 Å². The molecule has 0 saturated heterocycles. The molecule has 0 atom stereocenters. The van der Waals surface area contributed by atoms with Crippen molar-refractivity contribution in [3.05, 3.63) is 29.6 Å². The highest BCUT2D eigenvalue weighted by Crippen LogP contribution is 1.99. The van der Waals surface area contributed by atoms with Crippen LogP contribution in [0.3, 0.4) is 0 Å². The monoisotopic (exact) mass is 147 g/mol. The molecule has 0 spiro atoms. The zero-order valence-corrected chi connectivity index (χ0v) is 7.26. The lowest BCUT2D eigenvalue weighted by atomic mass is 10.2. The first-order chi connectivity index (χ1) is 5.34. The fourth-order valence-corrected chi connectivity index (χ4v) is 0.637. The highest BCUT2D eigenvalue weighted by Gasteiger charge is 1.89. The van der Waals surface area contributed by atoms with E-state index in [9.17, 15) is 0 Å². The molecule has 0 unspecified atom stereocenters. The molecule has 1 aromatic rings. The molecule has 58 valence electrons. The summed E-state index contributed by atoms with van der Waals surface area (Å²) in [4.78, 5) is 3.96. The zero-order valence-electron chi connectivity index (χ0n) is 7.26. The lowest BCUT2D eigenvalue weighted by molar-refractivity contribution is 1.23. The average Bonchev–Trinajstić information content (AvgIpc) is 2.09. The summed E-state index contributed by atoms with van der Waals surface area (Å²) in [6.45, 7) is 5.95. The molecular formula is C10H13N. The van der Waals surface area contributed by atoms with Gasteiger partial charge in [0.05, 0.1) is 0 Å². The predicted molar refractivity (Wildman–Crippen MR) is 48.3 cm³/mol. The lowest BCUT2D eigenvalue weighted by Crippen LogP contribution is -1.83. The molecule has 0 aliphatic heterocycles. The molecule has 0 N–H and O–H groups in total. The fraction of sp³-hybridized carbons (Fsp3) is 0.300. The number of hydrogen-bond donors (Lipinski definition) is 0. The van der Waals surface area contributed by atoms with Crippen LogP contribution in [0.2, 0.25) is 0 Å². The zero-order chi connectivity index (χ0) is 8.69. The fourth-order valence-electron chi connectivity index (χ4n) is 0.637. The Hall–Kier alpha value is -1.29. The first-order valence-corrected chi connectivity index (χ1v) is 3.73. The number of terminal acetylenes is 1. The van der Waals surface area contributed by atoms with Crippen molar-refractivity contribution in [2.75, 3.05) is 0 Å². The van der Waals surface area contributed by atoms with E-state index in [2.05, 4.69) is 10.9 Å². The Bertz CT molecular complexity index is 245. The van der Waals surface area contributed by atoms with Gasteiger partial charge in [0.1, 0.15) is 5.69 Å². The maximum atomic E-state index is 5.14. The highest BCUT2D eigenvalue weighted by molar-refractivity contribution is 5.31. The SMILES string of the molecule is C#Cc1ncccc1C.CC. The summed E-state index contributed by atoms with van der Waals surface area (Å²) in [7, 11) is 0. The molecule has 0 saturated carbocycles. The van der Waals surface area contributed by atoms with Gasteiger partial charge in [-0.3, -0.25) is 0 Å². The summed E-state index contributed by atoms with van der Waals surface area (Å²) in [5.74, 6) is 2.48. The summed E-state index contributed by atoms with van der Waals surface area (Å²) >= 11 is 0. The van der Waals surface area contributed by atoms with Crippen molar-refractivity contribution in [3.63, 3.8) is 0 Å². The molecule has 11 heavy (non-hydrogen) atoms. The number of aryl methyl sites for hydroxylation is 1. The third kappa shape index (κ3) is 2.86. The Balaban J connectivity index is 0.000000461. The van der Waals surface area contributed by atoms with Gasteiger partial charge in [-0.05, 0) is 24.5 Å². The molecule has 0 aliphatic rings. The number of rotatable bonds is 0. The van der Waals surface area contributed by atoms with Crippen LogP contribution in [0.1, 0.15) is 25.1 Å². The van der Waals surface area contributed by atoms with Gasteiger partial charge in [0.2, 0.25) is 0 Å². The Morgan fingerprint density at radius 3 is 2.45 bits per heavy atom. The van der Waals surface area contributed by atoms with Gasteiger partial charge in [-0.25, -0.2) is 4.98 Å². The van der Waals surface area contributed by atoms with E-state index >= 15 is 0 Å². The van der Waals surface area contributed by atoms with E-state index in [4.69, 9.17) is 6.42 Å². The normalized spacial score (nSPS) is 7.45. The van der Waals surface area contributed by atoms with Crippen LogP contribution in [0.4, 0.5) is 0 Å². The molecule has 0 bridgehead atoms. The summed E-state index contributed by atoms with van der Waals surface area (Å²) in [6.07, 6.45) is 6.83. The quantitative estimate of drug-likeness (QED) is 0.513. The van der Waals surface area contributed by atoms with E-state index in [1.165, 1.54) is 0 Å². The van der Waals surface area contributed by atoms with E-state index in [1.807, 2.05) is 32.9 Å². The Labute approximate surface area is 68.5 Å². The van der Waals surface area contributed by atoms with E-state index < -0.39 is 0 Å². The van der Waals surface area contributed by atoms with Gasteiger partial charge in [0, 0.05) is 6.20 Å². The molecular weight excluding hydrogens is 134 g/mol. The molecule has 1 heteroatoms. The first-order valence-electron chi connectivity index (χ1n) is 3.73. The van der Waals surface area contributed by atoms with Gasteiger partial charge in [-0.1, -0.05) is 19.9 Å². The van der Waals surface area contributed by atoms with Gasteiger partial charge >= 0.3 is 0 Å². The number of aromatic nitrogens is 1. The topological polar surface area (TPSA) is 12.9 Å². The first kappa shape index (κ1) is 9.71. The van der Waals surface area contributed by atoms with Crippen LogP contribution in [0, 0.1) is 19.3 Å². The molecule has 1 heterocycles. The number of nitrogens with zero attached hydrogens (tertiary/aromatic N) is 1. The molecule has 1 nitrogen and oxygen atoms in total. The third-order valence-corrected chi connectivity index (χ3v) is 1.15. The maximum Gasteiger partial charge on any atom is 0.115 e. The molecule has 0 amide bonds. The Kier molecular flexibility index (Phi) is 4.85. The minimum absolute atomic E-state index is 0.734. The summed E-state index contributed by atoms with van der Waals surface area (Å²) in [5, 5.41) is 0. The minimum atomic E-state index is 0.734. The lowest BCUT2D eigenvalue weighted by Gasteiger charge is -1.91. The number of hydrogen-bond acceptors (Lipinski definition) is 1. The molecule has 0 aliphatic carbocycles. The van der Waals surface area contributed by atoms with Gasteiger partial charge in [0.15, 0.2) is 0 Å². The van der Waals surface area contributed by atoms with Crippen LogP contribution in [0.5, 0.6) is 0 Å². The van der Waals surface area contributed by atoms with E-state index in [0.29, 0.717) is 0 Å². The molecule has 0 fully saturated rings. The number of pyridine rings is 1. The van der Waals surface area contributed by atoms with Crippen LogP contribution >= 0.6 is 0 Å². The summed E-state index contributed by atoms with van der Waals surface area (Å²) in [5.41, 5.74) is 1.79. The Morgan fingerprint density at radius 2 is 2.09 bits per heavy atom. The predicted octanol–water partition coefficient (Wildman–Crippen LogP) is 2.40. The largest absolute Gasteiger partial charge is 0.248 e. The third-order valence-electron chi connectivity index (χ3n) is 1.15. The molecule has 0 radical (unpaired) electrons. The second-order valence-corrected chi connectivity index (χ2v) is 1.81. The van der Waals surface area contributed by atoms with Gasteiger partial charge in [-0.2, -0.15) is 0 Å². The average molecular weight is 147 g/mol. The minimum Gasteiger partial charge on any atom is -0.248 e. The van der Waals surface area contributed by atoms with E-state index in [0.717, 1.165) is 11.3 Å². The van der Waals surface area contributed by atoms with Crippen molar-refractivity contribution in [3.8, 4) is 12.3 Å². The van der Waals surface area contributed by atoms with E-state index in [1.54, 1.807) is 6.20 Å². The maximum absolute atomic E-state index is 5.14. The van der Waals surface area contributed by atoms with Gasteiger partial charge in [-0.15, -0.1) is 6.42 Å². The standard InChI is InChI=1S/C8H7N.C2H6/c1-3-8-7(2)5-4-6-9-8;1-2/h1,4-6H,2H3;1-2H3. The van der Waals surface area contributed by atoms with Crippen LogP contribution in [0.15, 0.2) is 18.3 Å². The van der Waals surface area contributed by atoms with Crippen LogP contribution < -0.4 is 0 Å². The second-order valence-electron chi connectivity index (χ2n) is 1.81. The second kappa shape index (κ2) is 5.49. The molecule has 1 aromatic heterocycles. The van der Waals surface area contributed by atoms with Gasteiger partial charge < -0.3 is 0 Å². The summed E-state index contributed by atoms with van der Waals surface area (Å²) < 4.78 is 0. The van der Waals surface area contributed by atoms with Crippen LogP contribution in [0.25, 0.3) is 0 Å². The van der Waals surface area contributed by atoms with Crippen LogP contribution in [-0.4, -0.2) is 4.98 Å². The summed E-state index contributed by atoms with van der Waals surface area (Å²) in [6, 6.07) is 3.82. The highest BCUT2D eigenvalue weighted by atomic mass is 14.7. The van der Waals surface area contributed by atoms with Crippen LogP contribution in [-0.2, 0) is 0 Å². The van der Waals surface area contributed by atoms with Crippen molar-refractivity contribution in [2.24, 2.45) is 0 Å².